The molecule has 0 saturated carbocycles. The van der Waals surface area contributed by atoms with Gasteiger partial charge in [0.2, 0.25) is 0 Å². The maximum Gasteiger partial charge on any atom is 3.00 e. The van der Waals surface area contributed by atoms with Crippen molar-refractivity contribution < 1.29 is 38.4 Å². The summed E-state index contributed by atoms with van der Waals surface area (Å²) in [5, 5.41) is 0. The van der Waals surface area contributed by atoms with E-state index in [4.69, 9.17) is 38.4 Å². The van der Waals surface area contributed by atoms with Gasteiger partial charge in [-0.1, -0.05) is 0 Å². The van der Waals surface area contributed by atoms with E-state index in [2.05, 4.69) is 0 Å². The summed E-state index contributed by atoms with van der Waals surface area (Å²) in [4.78, 5) is 67.4. The molecule has 1 N–H and O–H groups in total. The zero-order chi connectivity index (χ0) is 9.00. The van der Waals surface area contributed by atoms with Crippen LogP contribution in [0.5, 0.6) is 0 Å². The molecule has 0 radical (unpaired) electrons. The fourth-order valence-corrected chi connectivity index (χ4v) is 0. The van der Waals surface area contributed by atoms with E-state index < -0.39 is 18.1 Å². The third kappa shape index (κ3) is 443. The zero-order valence-electron chi connectivity index (χ0n) is 6.30. The second-order valence-electron chi connectivity index (χ2n) is 1.02. The summed E-state index contributed by atoms with van der Waals surface area (Å²) in [6.07, 6.45) is 0. The first-order valence-electron chi connectivity index (χ1n) is 1.65. The largest absolute Gasteiger partial charge is 3.00 e. The summed E-state index contributed by atoms with van der Waals surface area (Å²) in [5.41, 5.74) is 0. The average Bonchev–Trinajstić information content (AvgIpc) is 1.12. The zero-order valence-corrected chi connectivity index (χ0v) is 12.3. The molecule has 13 heavy (non-hydrogen) atoms. The average molecular weight is 261 g/mol. The first-order valence-corrected chi connectivity index (χ1v) is 4.96. The van der Waals surface area contributed by atoms with Gasteiger partial charge in [-0.15, -0.1) is 9.05 Å². The van der Waals surface area contributed by atoms with Crippen LogP contribution in [-0.2, 0) is 0 Å². The molecule has 0 fully saturated rings. The molecule has 0 aromatic rings. The molecule has 0 aliphatic rings. The predicted octanol–water partition coefficient (Wildman–Crippen LogP) is -10.8. The maximum absolute atomic E-state index is 8.69. The summed E-state index contributed by atoms with van der Waals surface area (Å²) in [6.45, 7) is 0. The van der Waals surface area contributed by atoms with Gasteiger partial charge in [0.1, 0.15) is 0 Å². The standard InChI is InChI=1S/Al.2Mg.HO4Si.O4Si/c;;;2*1-5(2,3)4/h;;;1H;/q+3;2*+2;-3;-4. The van der Waals surface area contributed by atoms with Crippen molar-refractivity contribution in [1.29, 1.82) is 0 Å². The Hall–Kier alpha value is 2.18. The maximum atomic E-state index is 8.69. The Labute approximate surface area is 119 Å². The van der Waals surface area contributed by atoms with Crippen molar-refractivity contribution in [3.63, 3.8) is 0 Å². The molecule has 0 amide bonds. The Morgan fingerprint density at radius 1 is 0.692 bits per heavy atom. The molecule has 0 saturated heterocycles. The number of rotatable bonds is 0. The van der Waals surface area contributed by atoms with Gasteiger partial charge < -0.3 is 47.4 Å². The third-order valence-corrected chi connectivity index (χ3v) is 0. The first-order chi connectivity index (χ1) is 4.00. The number of hydrogen-bond donors (Lipinski definition) is 1. The van der Waals surface area contributed by atoms with Crippen molar-refractivity contribution >= 4 is 81.6 Å². The Morgan fingerprint density at radius 3 is 0.692 bits per heavy atom. The van der Waals surface area contributed by atoms with Gasteiger partial charge in [0.15, 0.2) is 0 Å². The van der Waals surface area contributed by atoms with Crippen LogP contribution in [0.15, 0.2) is 0 Å². The van der Waals surface area contributed by atoms with Gasteiger partial charge in [0.25, 0.3) is 0 Å². The van der Waals surface area contributed by atoms with Crippen LogP contribution in [-0.4, -0.2) is 86.4 Å². The number of hydrogen-bond acceptors (Lipinski definition) is 8. The van der Waals surface area contributed by atoms with Crippen LogP contribution in [0.25, 0.3) is 0 Å². The van der Waals surface area contributed by atoms with Crippen molar-refractivity contribution in [2.24, 2.45) is 0 Å². The topological polar surface area (TPSA) is 182 Å². The van der Waals surface area contributed by atoms with Crippen molar-refractivity contribution in [2.45, 2.75) is 0 Å². The van der Waals surface area contributed by atoms with E-state index in [1.165, 1.54) is 0 Å². The minimum atomic E-state index is -5.61. The summed E-state index contributed by atoms with van der Waals surface area (Å²) in [5.74, 6) is 0. The van der Waals surface area contributed by atoms with E-state index in [1.54, 1.807) is 0 Å². The van der Waals surface area contributed by atoms with Crippen LogP contribution in [0.2, 0.25) is 0 Å². The SMILES string of the molecule is [Al+3].[Mg+2].[Mg+2].[O-][Si]([O-])([O-])O.[O-][Si]([O-])([O-])[O-]. The quantitative estimate of drug-likeness (QED) is 0.416. The minimum Gasteiger partial charge on any atom is -0.894 e. The molecule has 0 aliphatic carbocycles. The van der Waals surface area contributed by atoms with Gasteiger partial charge in [0, 0.05) is 0 Å². The monoisotopic (exact) mass is 260 g/mol. The van der Waals surface area contributed by atoms with Gasteiger partial charge in [-0.2, -0.15) is 0 Å². The molecule has 13 heteroatoms. The fraction of sp³-hybridized carbons (Fsp3) is 0. The molecule has 0 unspecified atom stereocenters. The molecule has 64 valence electrons. The van der Waals surface area contributed by atoms with Gasteiger partial charge >= 0.3 is 63.5 Å². The summed E-state index contributed by atoms with van der Waals surface area (Å²) in [6, 6.07) is 0. The summed E-state index contributed by atoms with van der Waals surface area (Å²) < 4.78 is 0. The summed E-state index contributed by atoms with van der Waals surface area (Å²) in [7, 11) is -11.0. The molecule has 0 spiro atoms. The van der Waals surface area contributed by atoms with Crippen molar-refractivity contribution in [3.8, 4) is 0 Å². The van der Waals surface area contributed by atoms with Gasteiger partial charge in [-0.25, -0.2) is 0 Å². The minimum absolute atomic E-state index is 0. The fourth-order valence-electron chi connectivity index (χ4n) is 0. The Balaban J connectivity index is -0.0000000267. The molecule has 0 bridgehead atoms. The van der Waals surface area contributed by atoms with Crippen LogP contribution in [0, 0.1) is 0 Å². The Morgan fingerprint density at radius 2 is 0.692 bits per heavy atom. The van der Waals surface area contributed by atoms with Gasteiger partial charge in [-0.05, 0) is 0 Å². The Bertz CT molecular complexity index is 63.1. The molecule has 0 aromatic carbocycles. The van der Waals surface area contributed by atoms with E-state index in [0.717, 1.165) is 0 Å². The second-order valence-corrected chi connectivity index (χ2v) is 3.07. The van der Waals surface area contributed by atoms with Crippen LogP contribution >= 0.6 is 0 Å². The second kappa shape index (κ2) is 12.2. The third-order valence-electron chi connectivity index (χ3n) is 0. The molecule has 8 nitrogen and oxygen atoms in total. The molecule has 0 heterocycles. The molecule has 0 atom stereocenters. The van der Waals surface area contributed by atoms with E-state index in [-0.39, 0.29) is 63.5 Å². The van der Waals surface area contributed by atoms with Gasteiger partial charge in [-0.3, -0.25) is 0 Å². The van der Waals surface area contributed by atoms with Crippen molar-refractivity contribution in [2.75, 3.05) is 0 Å². The van der Waals surface area contributed by atoms with Crippen LogP contribution < -0.4 is 33.6 Å². The molecular formula is HAlMg2O8Si2. The van der Waals surface area contributed by atoms with Crippen LogP contribution in [0.3, 0.4) is 0 Å². The molecule has 0 aromatic heterocycles. The molecule has 0 rings (SSSR count). The van der Waals surface area contributed by atoms with E-state index in [9.17, 15) is 0 Å². The normalized spacial score (nSPS) is 9.23. The van der Waals surface area contributed by atoms with Crippen molar-refractivity contribution in [3.05, 3.63) is 0 Å². The van der Waals surface area contributed by atoms with E-state index >= 15 is 0 Å². The predicted molar refractivity (Wildman–Crippen MR) is 31.0 cm³/mol. The summed E-state index contributed by atoms with van der Waals surface area (Å²) >= 11 is 0. The molecule has 0 aliphatic heterocycles. The van der Waals surface area contributed by atoms with Crippen LogP contribution in [0.1, 0.15) is 0 Å². The van der Waals surface area contributed by atoms with Crippen LogP contribution in [0.4, 0.5) is 0 Å². The smallest absolute Gasteiger partial charge is 0.894 e. The molecular weight excluding hydrogens is 260 g/mol. The van der Waals surface area contributed by atoms with E-state index in [1.807, 2.05) is 0 Å². The van der Waals surface area contributed by atoms with E-state index in [0.29, 0.717) is 0 Å². The Kier molecular flexibility index (Phi) is 27.8. The van der Waals surface area contributed by atoms with Crippen molar-refractivity contribution in [1.82, 2.24) is 0 Å². The van der Waals surface area contributed by atoms with Gasteiger partial charge in [0.05, 0.1) is 0 Å². The first kappa shape index (κ1) is 29.5.